The van der Waals surface area contributed by atoms with Crippen molar-refractivity contribution in [2.24, 2.45) is 0 Å². The second kappa shape index (κ2) is 6.57. The third-order valence-corrected chi connectivity index (χ3v) is 4.36. The number of ether oxygens (including phenoxy) is 1. The second-order valence-corrected chi connectivity index (χ2v) is 6.14. The highest BCUT2D eigenvalue weighted by atomic mass is 16.5. The van der Waals surface area contributed by atoms with Gasteiger partial charge in [0.1, 0.15) is 24.3 Å². The first-order valence-corrected chi connectivity index (χ1v) is 8.47. The van der Waals surface area contributed by atoms with Crippen LogP contribution in [0.2, 0.25) is 0 Å². The van der Waals surface area contributed by atoms with Gasteiger partial charge in [0.15, 0.2) is 0 Å². The van der Waals surface area contributed by atoms with Gasteiger partial charge < -0.3 is 14.4 Å². The van der Waals surface area contributed by atoms with Gasteiger partial charge in [0.25, 0.3) is 0 Å². The van der Waals surface area contributed by atoms with Gasteiger partial charge in [-0.05, 0) is 42.0 Å². The van der Waals surface area contributed by atoms with Crippen LogP contribution in [-0.4, -0.2) is 21.3 Å². The Morgan fingerprint density at radius 1 is 1.00 bits per heavy atom. The van der Waals surface area contributed by atoms with Gasteiger partial charge in [-0.3, -0.25) is 0 Å². The fourth-order valence-electron chi connectivity index (χ4n) is 3.16. The monoisotopic (exact) mass is 332 g/mol. The first kappa shape index (κ1) is 15.7. The predicted octanol–water partition coefficient (Wildman–Crippen LogP) is 4.32. The molecule has 0 radical (unpaired) electrons. The van der Waals surface area contributed by atoms with Gasteiger partial charge >= 0.3 is 0 Å². The number of aliphatic hydroxyl groups is 1. The standard InChI is InChI=1S/C21H20N2O2/c1-15(24)21-22-19-8-4-5-9-20(19)23(21)12-13-25-18-11-10-16-6-2-3-7-17(16)14-18/h2-11,14-15,24H,12-13H2,1H3/t15-/m0/s1. The molecule has 4 nitrogen and oxygen atoms in total. The Morgan fingerprint density at radius 3 is 2.60 bits per heavy atom. The van der Waals surface area contributed by atoms with Crippen molar-refractivity contribution in [3.8, 4) is 5.75 Å². The Morgan fingerprint density at radius 2 is 1.76 bits per heavy atom. The van der Waals surface area contributed by atoms with Gasteiger partial charge in [0, 0.05) is 0 Å². The van der Waals surface area contributed by atoms with E-state index in [1.54, 1.807) is 6.92 Å². The summed E-state index contributed by atoms with van der Waals surface area (Å²) < 4.78 is 7.97. The molecule has 0 aliphatic heterocycles. The molecule has 4 heteroatoms. The maximum absolute atomic E-state index is 10.0. The summed E-state index contributed by atoms with van der Waals surface area (Å²) in [6, 6.07) is 22.3. The van der Waals surface area contributed by atoms with E-state index in [4.69, 9.17) is 4.74 Å². The molecule has 1 heterocycles. The molecule has 4 aromatic rings. The van der Waals surface area contributed by atoms with Crippen LogP contribution >= 0.6 is 0 Å². The number of aromatic nitrogens is 2. The molecule has 1 aromatic heterocycles. The van der Waals surface area contributed by atoms with Crippen molar-refractivity contribution in [3.63, 3.8) is 0 Å². The van der Waals surface area contributed by atoms with Crippen molar-refractivity contribution in [2.75, 3.05) is 6.61 Å². The minimum atomic E-state index is -0.618. The van der Waals surface area contributed by atoms with Gasteiger partial charge in [0.05, 0.1) is 17.6 Å². The van der Waals surface area contributed by atoms with Crippen LogP contribution in [0.3, 0.4) is 0 Å². The minimum absolute atomic E-state index is 0.512. The van der Waals surface area contributed by atoms with E-state index in [2.05, 4.69) is 29.2 Å². The van der Waals surface area contributed by atoms with Crippen molar-refractivity contribution in [2.45, 2.75) is 19.6 Å². The topological polar surface area (TPSA) is 47.3 Å². The fourth-order valence-corrected chi connectivity index (χ4v) is 3.16. The van der Waals surface area contributed by atoms with Crippen LogP contribution in [0.1, 0.15) is 18.9 Å². The Kier molecular flexibility index (Phi) is 4.12. The van der Waals surface area contributed by atoms with E-state index in [0.717, 1.165) is 22.2 Å². The molecule has 0 aliphatic carbocycles. The van der Waals surface area contributed by atoms with Crippen LogP contribution in [0.5, 0.6) is 5.75 Å². The fraction of sp³-hybridized carbons (Fsp3) is 0.190. The van der Waals surface area contributed by atoms with E-state index in [9.17, 15) is 5.11 Å². The molecule has 0 bridgehead atoms. The lowest BCUT2D eigenvalue weighted by molar-refractivity contribution is 0.181. The van der Waals surface area contributed by atoms with Crippen LogP contribution in [0.15, 0.2) is 66.7 Å². The van der Waals surface area contributed by atoms with E-state index in [-0.39, 0.29) is 0 Å². The van der Waals surface area contributed by atoms with E-state index in [0.29, 0.717) is 19.0 Å². The zero-order valence-corrected chi connectivity index (χ0v) is 14.1. The number of hydrogen-bond donors (Lipinski definition) is 1. The van der Waals surface area contributed by atoms with Gasteiger partial charge in [-0.1, -0.05) is 42.5 Å². The summed E-state index contributed by atoms with van der Waals surface area (Å²) >= 11 is 0. The number of fused-ring (bicyclic) bond motifs is 2. The zero-order chi connectivity index (χ0) is 17.2. The number of hydrogen-bond acceptors (Lipinski definition) is 3. The number of aliphatic hydroxyl groups excluding tert-OH is 1. The van der Waals surface area contributed by atoms with Crippen LogP contribution in [0, 0.1) is 0 Å². The molecule has 1 N–H and O–H groups in total. The molecule has 1 atom stereocenters. The normalized spacial score (nSPS) is 12.6. The quantitative estimate of drug-likeness (QED) is 0.592. The number of rotatable bonds is 5. The third kappa shape index (κ3) is 3.08. The molecule has 0 aliphatic rings. The highest BCUT2D eigenvalue weighted by Crippen LogP contribution is 2.22. The number of para-hydroxylation sites is 2. The molecule has 126 valence electrons. The van der Waals surface area contributed by atoms with Gasteiger partial charge in [-0.25, -0.2) is 4.98 Å². The van der Waals surface area contributed by atoms with E-state index < -0.39 is 6.10 Å². The SMILES string of the molecule is C[C@H](O)c1nc2ccccc2n1CCOc1ccc2ccccc2c1. The average Bonchev–Trinajstić information content (AvgIpc) is 3.01. The molecule has 25 heavy (non-hydrogen) atoms. The Hall–Kier alpha value is -2.85. The Balaban J connectivity index is 1.54. The molecule has 4 rings (SSSR count). The summed E-state index contributed by atoms with van der Waals surface area (Å²) in [4.78, 5) is 4.54. The highest BCUT2D eigenvalue weighted by molar-refractivity contribution is 5.83. The van der Waals surface area contributed by atoms with Crippen molar-refractivity contribution in [1.82, 2.24) is 9.55 Å². The summed E-state index contributed by atoms with van der Waals surface area (Å²) in [6.45, 7) is 2.88. The Bertz CT molecular complexity index is 1020. The molecule has 0 saturated heterocycles. The van der Waals surface area contributed by atoms with Gasteiger partial charge in [-0.2, -0.15) is 0 Å². The molecular formula is C21H20N2O2. The zero-order valence-electron chi connectivity index (χ0n) is 14.1. The molecular weight excluding hydrogens is 312 g/mol. The molecule has 0 saturated carbocycles. The number of imidazole rings is 1. The summed E-state index contributed by atoms with van der Waals surface area (Å²) in [6.07, 6.45) is -0.618. The summed E-state index contributed by atoms with van der Waals surface area (Å²) in [5, 5.41) is 12.4. The van der Waals surface area contributed by atoms with E-state index >= 15 is 0 Å². The molecule has 0 unspecified atom stereocenters. The van der Waals surface area contributed by atoms with Crippen LogP contribution in [0.4, 0.5) is 0 Å². The first-order chi connectivity index (χ1) is 12.2. The van der Waals surface area contributed by atoms with E-state index in [1.807, 2.05) is 47.0 Å². The molecule has 0 amide bonds. The summed E-state index contributed by atoms with van der Waals surface area (Å²) in [7, 11) is 0. The summed E-state index contributed by atoms with van der Waals surface area (Å²) in [5.41, 5.74) is 1.91. The smallest absolute Gasteiger partial charge is 0.138 e. The van der Waals surface area contributed by atoms with Crippen LogP contribution in [-0.2, 0) is 6.54 Å². The van der Waals surface area contributed by atoms with E-state index in [1.165, 1.54) is 5.39 Å². The van der Waals surface area contributed by atoms with Crippen molar-refractivity contribution in [1.29, 1.82) is 0 Å². The molecule has 3 aromatic carbocycles. The Labute approximate surface area is 146 Å². The van der Waals surface area contributed by atoms with Crippen molar-refractivity contribution in [3.05, 3.63) is 72.6 Å². The average molecular weight is 332 g/mol. The second-order valence-electron chi connectivity index (χ2n) is 6.14. The maximum Gasteiger partial charge on any atom is 0.138 e. The highest BCUT2D eigenvalue weighted by Gasteiger charge is 2.14. The largest absolute Gasteiger partial charge is 0.492 e. The number of nitrogens with zero attached hydrogens (tertiary/aromatic N) is 2. The van der Waals surface area contributed by atoms with Gasteiger partial charge in [-0.15, -0.1) is 0 Å². The summed E-state index contributed by atoms with van der Waals surface area (Å²) in [5.74, 6) is 1.52. The van der Waals surface area contributed by atoms with Crippen LogP contribution in [0.25, 0.3) is 21.8 Å². The molecule has 0 fully saturated rings. The van der Waals surface area contributed by atoms with Crippen LogP contribution < -0.4 is 4.74 Å². The number of benzene rings is 3. The lowest BCUT2D eigenvalue weighted by Crippen LogP contribution is -2.12. The lowest BCUT2D eigenvalue weighted by atomic mass is 10.1. The maximum atomic E-state index is 10.0. The van der Waals surface area contributed by atoms with Crippen molar-refractivity contribution >= 4 is 21.8 Å². The van der Waals surface area contributed by atoms with Crippen molar-refractivity contribution < 1.29 is 9.84 Å². The minimum Gasteiger partial charge on any atom is -0.492 e. The predicted molar refractivity (Wildman–Crippen MR) is 99.8 cm³/mol. The lowest BCUT2D eigenvalue weighted by Gasteiger charge is -2.12. The third-order valence-electron chi connectivity index (χ3n) is 4.36. The first-order valence-electron chi connectivity index (χ1n) is 8.47. The molecule has 0 spiro atoms. The van der Waals surface area contributed by atoms with Gasteiger partial charge in [0.2, 0.25) is 0 Å².